The van der Waals surface area contributed by atoms with Crippen LogP contribution in [0, 0.1) is 6.92 Å². The zero-order valence-electron chi connectivity index (χ0n) is 17.6. The average molecular weight is 390 g/mol. The van der Waals surface area contributed by atoms with Gasteiger partial charge in [-0.05, 0) is 64.7 Å². The number of esters is 1. The summed E-state index contributed by atoms with van der Waals surface area (Å²) in [5, 5.41) is 0. The van der Waals surface area contributed by atoms with Crippen LogP contribution in [0.1, 0.15) is 56.0 Å². The molecule has 0 saturated carbocycles. The predicted octanol–water partition coefficient (Wildman–Crippen LogP) is 3.53. The molecule has 0 radical (unpaired) electrons. The van der Waals surface area contributed by atoms with Gasteiger partial charge in [-0.25, -0.2) is 9.59 Å². The molecule has 1 heterocycles. The molecule has 0 N–H and O–H groups in total. The van der Waals surface area contributed by atoms with Crippen LogP contribution in [0.3, 0.4) is 0 Å². The Morgan fingerprint density at radius 3 is 2.46 bits per heavy atom. The lowest BCUT2D eigenvalue weighted by Gasteiger charge is -2.37. The van der Waals surface area contributed by atoms with Gasteiger partial charge in [0.1, 0.15) is 11.6 Å². The molecule has 1 aromatic carbocycles. The first-order valence-electron chi connectivity index (χ1n) is 9.51. The van der Waals surface area contributed by atoms with E-state index in [0.29, 0.717) is 24.2 Å². The number of methoxy groups -OCH3 is 1. The SMILES string of the molecule is COC(=O)c1cc(N(C)C(=O)[C@H]2CCCCN2C(=O)OC(C)(C)C)ccc1C. The fraction of sp³-hybridized carbons (Fsp3) is 0.571. The lowest BCUT2D eigenvalue weighted by molar-refractivity contribution is -0.124. The normalized spacial score (nSPS) is 17.1. The summed E-state index contributed by atoms with van der Waals surface area (Å²) < 4.78 is 10.3. The van der Waals surface area contributed by atoms with E-state index >= 15 is 0 Å². The molecule has 1 aromatic rings. The van der Waals surface area contributed by atoms with Crippen molar-refractivity contribution in [3.05, 3.63) is 29.3 Å². The predicted molar refractivity (Wildman–Crippen MR) is 107 cm³/mol. The van der Waals surface area contributed by atoms with Crippen LogP contribution in [0.2, 0.25) is 0 Å². The van der Waals surface area contributed by atoms with Gasteiger partial charge >= 0.3 is 12.1 Å². The summed E-state index contributed by atoms with van der Waals surface area (Å²) in [7, 11) is 2.97. The number of amides is 2. The van der Waals surface area contributed by atoms with Crippen molar-refractivity contribution >= 4 is 23.7 Å². The van der Waals surface area contributed by atoms with Crippen molar-refractivity contribution in [1.29, 1.82) is 0 Å². The number of carbonyl (C=O) groups excluding carboxylic acids is 3. The number of benzene rings is 1. The second-order valence-electron chi connectivity index (χ2n) is 8.07. The van der Waals surface area contributed by atoms with E-state index in [-0.39, 0.29) is 5.91 Å². The molecule has 1 saturated heterocycles. The molecule has 0 unspecified atom stereocenters. The van der Waals surface area contributed by atoms with E-state index in [2.05, 4.69) is 0 Å². The molecule has 7 nitrogen and oxygen atoms in total. The second kappa shape index (κ2) is 8.63. The van der Waals surface area contributed by atoms with E-state index in [1.807, 2.05) is 6.92 Å². The highest BCUT2D eigenvalue weighted by molar-refractivity contribution is 6.00. The van der Waals surface area contributed by atoms with Gasteiger partial charge in [0.25, 0.3) is 0 Å². The first-order chi connectivity index (χ1) is 13.0. The number of likely N-dealkylation sites (tertiary alicyclic amines) is 1. The Morgan fingerprint density at radius 2 is 1.86 bits per heavy atom. The third-order valence-corrected chi connectivity index (χ3v) is 4.76. The molecule has 154 valence electrons. The highest BCUT2D eigenvalue weighted by atomic mass is 16.6. The van der Waals surface area contributed by atoms with E-state index in [1.165, 1.54) is 16.9 Å². The van der Waals surface area contributed by atoms with E-state index < -0.39 is 23.7 Å². The van der Waals surface area contributed by atoms with Crippen molar-refractivity contribution in [3.8, 4) is 0 Å². The van der Waals surface area contributed by atoms with E-state index in [9.17, 15) is 14.4 Å². The maximum atomic E-state index is 13.2. The molecule has 1 aliphatic heterocycles. The lowest BCUT2D eigenvalue weighted by atomic mass is 10.0. The maximum Gasteiger partial charge on any atom is 0.410 e. The molecule has 0 spiro atoms. The van der Waals surface area contributed by atoms with Gasteiger partial charge in [0.05, 0.1) is 12.7 Å². The highest BCUT2D eigenvalue weighted by Crippen LogP contribution is 2.25. The van der Waals surface area contributed by atoms with Crippen LogP contribution in [0.5, 0.6) is 0 Å². The summed E-state index contributed by atoms with van der Waals surface area (Å²) in [6.07, 6.45) is 1.81. The number of hydrogen-bond acceptors (Lipinski definition) is 5. The monoisotopic (exact) mass is 390 g/mol. The number of ether oxygens (including phenoxy) is 2. The number of piperidine rings is 1. The Morgan fingerprint density at radius 1 is 1.18 bits per heavy atom. The van der Waals surface area contributed by atoms with Crippen molar-refractivity contribution in [2.24, 2.45) is 0 Å². The van der Waals surface area contributed by atoms with Crippen LogP contribution < -0.4 is 4.90 Å². The Hall–Kier alpha value is -2.57. The minimum atomic E-state index is -0.625. The molecule has 1 atom stereocenters. The molecule has 2 rings (SSSR count). The van der Waals surface area contributed by atoms with Crippen LogP contribution in [0.25, 0.3) is 0 Å². The standard InChI is InChI=1S/C21H30N2O5/c1-14-10-11-15(13-16(14)19(25)27-6)22(5)18(24)17-9-7-8-12-23(17)20(26)28-21(2,3)4/h10-11,13,17H,7-9,12H2,1-6H3/t17-/m1/s1. The first-order valence-corrected chi connectivity index (χ1v) is 9.51. The van der Waals surface area contributed by atoms with Crippen molar-refractivity contribution < 1.29 is 23.9 Å². The molecule has 2 amide bonds. The molecule has 0 aliphatic carbocycles. The van der Waals surface area contributed by atoms with Crippen LogP contribution >= 0.6 is 0 Å². The van der Waals surface area contributed by atoms with Crippen LogP contribution in [-0.2, 0) is 14.3 Å². The largest absolute Gasteiger partial charge is 0.465 e. The van der Waals surface area contributed by atoms with Crippen LogP contribution in [-0.4, -0.2) is 55.2 Å². The number of anilines is 1. The minimum Gasteiger partial charge on any atom is -0.465 e. The Labute approximate surface area is 166 Å². The molecule has 1 fully saturated rings. The molecule has 0 bridgehead atoms. The minimum absolute atomic E-state index is 0.203. The fourth-order valence-electron chi connectivity index (χ4n) is 3.23. The Kier molecular flexibility index (Phi) is 6.69. The zero-order valence-corrected chi connectivity index (χ0v) is 17.6. The van der Waals surface area contributed by atoms with Gasteiger partial charge in [-0.1, -0.05) is 6.07 Å². The smallest absolute Gasteiger partial charge is 0.410 e. The quantitative estimate of drug-likeness (QED) is 0.738. The molecular weight excluding hydrogens is 360 g/mol. The Balaban J connectivity index is 2.25. The van der Waals surface area contributed by atoms with Gasteiger partial charge in [-0.15, -0.1) is 0 Å². The second-order valence-corrected chi connectivity index (χ2v) is 8.07. The Bertz CT molecular complexity index is 754. The van der Waals surface area contributed by atoms with E-state index in [4.69, 9.17) is 9.47 Å². The van der Waals surface area contributed by atoms with Crippen LogP contribution in [0.15, 0.2) is 18.2 Å². The van der Waals surface area contributed by atoms with Gasteiger partial charge in [-0.3, -0.25) is 9.69 Å². The van der Waals surface area contributed by atoms with Gasteiger partial charge in [-0.2, -0.15) is 0 Å². The van der Waals surface area contributed by atoms with Gasteiger partial charge < -0.3 is 14.4 Å². The average Bonchev–Trinajstić information content (AvgIpc) is 2.65. The van der Waals surface area contributed by atoms with Gasteiger partial charge in [0.15, 0.2) is 0 Å². The molecule has 7 heteroatoms. The summed E-state index contributed by atoms with van der Waals surface area (Å²) in [5.74, 6) is -0.654. The molecule has 28 heavy (non-hydrogen) atoms. The van der Waals surface area contributed by atoms with E-state index in [0.717, 1.165) is 18.4 Å². The summed E-state index contributed by atoms with van der Waals surface area (Å²) in [6.45, 7) is 7.71. The summed E-state index contributed by atoms with van der Waals surface area (Å²) in [4.78, 5) is 40.7. The number of nitrogens with zero attached hydrogens (tertiary/aromatic N) is 2. The zero-order chi connectivity index (χ0) is 21.1. The molecule has 1 aliphatic rings. The van der Waals surface area contributed by atoms with Crippen molar-refractivity contribution in [2.75, 3.05) is 25.6 Å². The maximum absolute atomic E-state index is 13.2. The first kappa shape index (κ1) is 21.7. The molecular formula is C21H30N2O5. The van der Waals surface area contributed by atoms with Crippen molar-refractivity contribution in [3.63, 3.8) is 0 Å². The third-order valence-electron chi connectivity index (χ3n) is 4.76. The lowest BCUT2D eigenvalue weighted by Crippen LogP contribution is -2.53. The van der Waals surface area contributed by atoms with E-state index in [1.54, 1.807) is 46.0 Å². The highest BCUT2D eigenvalue weighted by Gasteiger charge is 2.36. The summed E-state index contributed by atoms with van der Waals surface area (Å²) >= 11 is 0. The summed E-state index contributed by atoms with van der Waals surface area (Å²) in [5.41, 5.74) is 1.13. The van der Waals surface area contributed by atoms with Crippen molar-refractivity contribution in [2.45, 2.75) is 58.6 Å². The number of likely N-dealkylation sites (N-methyl/N-ethyl adjacent to an activating group) is 1. The van der Waals surface area contributed by atoms with Crippen LogP contribution in [0.4, 0.5) is 10.5 Å². The van der Waals surface area contributed by atoms with Crippen molar-refractivity contribution in [1.82, 2.24) is 4.90 Å². The van der Waals surface area contributed by atoms with Gasteiger partial charge in [0, 0.05) is 19.3 Å². The number of carbonyl (C=O) groups is 3. The molecule has 0 aromatic heterocycles. The topological polar surface area (TPSA) is 76.2 Å². The number of hydrogen-bond donors (Lipinski definition) is 0. The fourth-order valence-corrected chi connectivity index (χ4v) is 3.23. The third kappa shape index (κ3) is 5.03. The number of aryl methyl sites for hydroxylation is 1. The summed E-state index contributed by atoms with van der Waals surface area (Å²) in [6, 6.07) is 4.61. The van der Waals surface area contributed by atoms with Gasteiger partial charge in [0.2, 0.25) is 5.91 Å². The number of rotatable bonds is 3.